The van der Waals surface area contributed by atoms with Crippen molar-refractivity contribution in [3.8, 4) is 0 Å². The van der Waals surface area contributed by atoms with Crippen LogP contribution in [0, 0.1) is 11.3 Å². The lowest BCUT2D eigenvalue weighted by molar-refractivity contribution is 0.0369. The number of ether oxygens (including phenoxy) is 3. The van der Waals surface area contributed by atoms with Gasteiger partial charge in [-0.05, 0) is 37.0 Å². The Kier molecular flexibility index (Phi) is 10.3. The molecule has 0 heterocycles. The highest BCUT2D eigenvalue weighted by atomic mass is 16.5. The van der Waals surface area contributed by atoms with Crippen LogP contribution in [0.1, 0.15) is 65.7 Å². The van der Waals surface area contributed by atoms with E-state index in [0.29, 0.717) is 0 Å². The fourth-order valence-electron chi connectivity index (χ4n) is 2.61. The van der Waals surface area contributed by atoms with E-state index < -0.39 is 0 Å². The minimum absolute atomic E-state index is 0.260. The first kappa shape index (κ1) is 18.9. The molecule has 0 aliphatic heterocycles. The first-order chi connectivity index (χ1) is 10.1. The van der Waals surface area contributed by atoms with Crippen LogP contribution < -0.4 is 0 Å². The predicted molar refractivity (Wildman–Crippen MR) is 87.7 cm³/mol. The van der Waals surface area contributed by atoms with E-state index >= 15 is 0 Å². The van der Waals surface area contributed by atoms with Crippen LogP contribution in [0.2, 0.25) is 0 Å². The fourth-order valence-corrected chi connectivity index (χ4v) is 2.61. The quantitative estimate of drug-likeness (QED) is 0.528. The van der Waals surface area contributed by atoms with Crippen LogP contribution in [-0.2, 0) is 14.2 Å². The summed E-state index contributed by atoms with van der Waals surface area (Å²) in [5.74, 6) is 0.819. The first-order valence-corrected chi connectivity index (χ1v) is 8.81. The van der Waals surface area contributed by atoms with Gasteiger partial charge in [0.05, 0.1) is 6.61 Å². The molecule has 1 saturated carbocycles. The lowest BCUT2D eigenvalue weighted by atomic mass is 9.90. The smallest absolute Gasteiger partial charge is 0.0514 e. The topological polar surface area (TPSA) is 27.7 Å². The molecule has 0 unspecified atom stereocenters. The fraction of sp³-hybridized carbons (Fsp3) is 1.00. The zero-order valence-corrected chi connectivity index (χ0v) is 14.5. The van der Waals surface area contributed by atoms with Crippen molar-refractivity contribution in [2.45, 2.75) is 65.7 Å². The van der Waals surface area contributed by atoms with E-state index in [1.54, 1.807) is 0 Å². The van der Waals surface area contributed by atoms with Gasteiger partial charge in [-0.3, -0.25) is 0 Å². The summed E-state index contributed by atoms with van der Waals surface area (Å²) in [6.07, 6.45) is 8.94. The number of rotatable bonds is 11. The second kappa shape index (κ2) is 11.4. The standard InChI is InChI=1S/C18H36O3/c1-18(2,3)16-21-14-8-12-19-11-7-13-20-15-17-9-5-4-6-10-17/h17H,4-16H2,1-3H3. The molecule has 0 bridgehead atoms. The highest BCUT2D eigenvalue weighted by Crippen LogP contribution is 2.23. The zero-order valence-electron chi connectivity index (χ0n) is 14.5. The van der Waals surface area contributed by atoms with Crippen LogP contribution in [0.25, 0.3) is 0 Å². The third-order valence-corrected chi connectivity index (χ3v) is 3.77. The third kappa shape index (κ3) is 12.1. The average Bonchev–Trinajstić information content (AvgIpc) is 2.44. The van der Waals surface area contributed by atoms with Gasteiger partial charge in [0.2, 0.25) is 0 Å². The molecule has 0 aromatic heterocycles. The zero-order chi connectivity index (χ0) is 15.4. The summed E-state index contributed by atoms with van der Waals surface area (Å²) in [5.41, 5.74) is 0.260. The maximum absolute atomic E-state index is 5.75. The molecule has 0 aromatic carbocycles. The highest BCUT2D eigenvalue weighted by Gasteiger charge is 2.13. The number of hydrogen-bond acceptors (Lipinski definition) is 3. The van der Waals surface area contributed by atoms with Crippen molar-refractivity contribution in [2.24, 2.45) is 11.3 Å². The van der Waals surface area contributed by atoms with E-state index in [1.807, 2.05) is 0 Å². The summed E-state index contributed by atoms with van der Waals surface area (Å²) < 4.78 is 17.0. The summed E-state index contributed by atoms with van der Waals surface area (Å²) in [6.45, 7) is 11.6. The number of hydrogen-bond donors (Lipinski definition) is 0. The summed E-state index contributed by atoms with van der Waals surface area (Å²) in [6, 6.07) is 0. The molecule has 0 aromatic rings. The van der Waals surface area contributed by atoms with Crippen LogP contribution in [-0.4, -0.2) is 39.6 Å². The molecule has 21 heavy (non-hydrogen) atoms. The van der Waals surface area contributed by atoms with Crippen LogP contribution in [0.4, 0.5) is 0 Å². The summed E-state index contributed by atoms with van der Waals surface area (Å²) >= 11 is 0. The van der Waals surface area contributed by atoms with Crippen molar-refractivity contribution >= 4 is 0 Å². The van der Waals surface area contributed by atoms with Crippen molar-refractivity contribution in [3.05, 3.63) is 0 Å². The van der Waals surface area contributed by atoms with Gasteiger partial charge in [-0.25, -0.2) is 0 Å². The third-order valence-electron chi connectivity index (χ3n) is 3.77. The van der Waals surface area contributed by atoms with Crippen molar-refractivity contribution in [1.29, 1.82) is 0 Å². The maximum atomic E-state index is 5.75. The van der Waals surface area contributed by atoms with Crippen molar-refractivity contribution in [1.82, 2.24) is 0 Å². The normalized spacial score (nSPS) is 17.3. The SMILES string of the molecule is CC(C)(C)COCCCOCCCOCC1CCCCC1. The van der Waals surface area contributed by atoms with E-state index in [1.165, 1.54) is 32.1 Å². The van der Waals surface area contributed by atoms with Crippen LogP contribution in [0.15, 0.2) is 0 Å². The van der Waals surface area contributed by atoms with E-state index in [-0.39, 0.29) is 5.41 Å². The maximum Gasteiger partial charge on any atom is 0.0514 e. The largest absolute Gasteiger partial charge is 0.381 e. The van der Waals surface area contributed by atoms with Gasteiger partial charge in [-0.2, -0.15) is 0 Å². The van der Waals surface area contributed by atoms with Gasteiger partial charge in [0.25, 0.3) is 0 Å². The van der Waals surface area contributed by atoms with E-state index in [9.17, 15) is 0 Å². The molecule has 0 atom stereocenters. The Morgan fingerprint density at radius 1 is 0.762 bits per heavy atom. The molecule has 0 spiro atoms. The van der Waals surface area contributed by atoms with Gasteiger partial charge < -0.3 is 14.2 Å². The summed E-state index contributed by atoms with van der Waals surface area (Å²) in [7, 11) is 0. The summed E-state index contributed by atoms with van der Waals surface area (Å²) in [4.78, 5) is 0. The van der Waals surface area contributed by atoms with Crippen molar-refractivity contribution < 1.29 is 14.2 Å². The molecule has 3 heteroatoms. The second-order valence-corrected chi connectivity index (χ2v) is 7.51. The molecule has 1 rings (SSSR count). The Morgan fingerprint density at radius 2 is 1.33 bits per heavy atom. The summed E-state index contributed by atoms with van der Waals surface area (Å²) in [5, 5.41) is 0. The highest BCUT2D eigenvalue weighted by molar-refractivity contribution is 4.64. The lowest BCUT2D eigenvalue weighted by Crippen LogP contribution is -2.16. The minimum atomic E-state index is 0.260. The Labute approximate surface area is 131 Å². The predicted octanol–water partition coefficient (Wildman–Crippen LogP) is 4.44. The van der Waals surface area contributed by atoms with Gasteiger partial charge in [0, 0.05) is 33.0 Å². The molecule has 3 nitrogen and oxygen atoms in total. The Bertz CT molecular complexity index is 229. The van der Waals surface area contributed by atoms with Gasteiger partial charge in [-0.1, -0.05) is 40.0 Å². The molecular formula is C18H36O3. The molecule has 0 amide bonds. The molecule has 0 N–H and O–H groups in total. The first-order valence-electron chi connectivity index (χ1n) is 8.81. The Hall–Kier alpha value is -0.120. The Morgan fingerprint density at radius 3 is 1.95 bits per heavy atom. The minimum Gasteiger partial charge on any atom is -0.381 e. The van der Waals surface area contributed by atoms with Gasteiger partial charge in [-0.15, -0.1) is 0 Å². The van der Waals surface area contributed by atoms with E-state index in [2.05, 4.69) is 20.8 Å². The van der Waals surface area contributed by atoms with Crippen LogP contribution >= 0.6 is 0 Å². The molecule has 0 radical (unpaired) electrons. The van der Waals surface area contributed by atoms with E-state index in [4.69, 9.17) is 14.2 Å². The van der Waals surface area contributed by atoms with Crippen LogP contribution in [0.5, 0.6) is 0 Å². The molecule has 1 fully saturated rings. The molecule has 1 aliphatic rings. The molecule has 126 valence electrons. The Balaban J connectivity index is 1.74. The average molecular weight is 300 g/mol. The molecular weight excluding hydrogens is 264 g/mol. The second-order valence-electron chi connectivity index (χ2n) is 7.51. The monoisotopic (exact) mass is 300 g/mol. The van der Waals surface area contributed by atoms with E-state index in [0.717, 1.165) is 58.4 Å². The van der Waals surface area contributed by atoms with Gasteiger partial charge >= 0.3 is 0 Å². The van der Waals surface area contributed by atoms with Crippen molar-refractivity contribution in [2.75, 3.05) is 39.6 Å². The van der Waals surface area contributed by atoms with Gasteiger partial charge in [0.15, 0.2) is 0 Å². The van der Waals surface area contributed by atoms with Gasteiger partial charge in [0.1, 0.15) is 0 Å². The molecule has 1 aliphatic carbocycles. The molecule has 0 saturated heterocycles. The van der Waals surface area contributed by atoms with Crippen molar-refractivity contribution in [3.63, 3.8) is 0 Å². The lowest BCUT2D eigenvalue weighted by Gasteiger charge is -2.21. The van der Waals surface area contributed by atoms with Crippen LogP contribution in [0.3, 0.4) is 0 Å².